The molecule has 0 aliphatic rings. The summed E-state index contributed by atoms with van der Waals surface area (Å²) in [5.41, 5.74) is 6.65. The molecule has 28 heavy (non-hydrogen) atoms. The molecule has 1 heterocycles. The first-order chi connectivity index (χ1) is 13.6. The van der Waals surface area contributed by atoms with Gasteiger partial charge in [0, 0.05) is 17.1 Å². The third kappa shape index (κ3) is 4.82. The van der Waals surface area contributed by atoms with Crippen LogP contribution < -0.4 is 20.3 Å². The van der Waals surface area contributed by atoms with Gasteiger partial charge in [0.15, 0.2) is 6.10 Å². The van der Waals surface area contributed by atoms with Crippen LogP contribution in [0.3, 0.4) is 0 Å². The van der Waals surface area contributed by atoms with Gasteiger partial charge in [-0.25, -0.2) is 0 Å². The predicted molar refractivity (Wildman–Crippen MR) is 106 cm³/mol. The highest BCUT2D eigenvalue weighted by Gasteiger charge is 2.16. The maximum Gasteiger partial charge on any atom is 0.279 e. The van der Waals surface area contributed by atoms with Crippen LogP contribution in [0.15, 0.2) is 54.7 Å². The monoisotopic (exact) mass is 381 g/mol. The largest absolute Gasteiger partial charge is 0.494 e. The number of ether oxygens (including phenoxy) is 2. The van der Waals surface area contributed by atoms with Crippen LogP contribution in [0.2, 0.25) is 0 Å². The molecule has 1 atom stereocenters. The molecule has 0 spiro atoms. The number of benzene rings is 2. The van der Waals surface area contributed by atoms with Gasteiger partial charge in [-0.15, -0.1) is 0 Å². The molecule has 2 aromatic carbocycles. The van der Waals surface area contributed by atoms with Crippen molar-refractivity contribution in [2.75, 3.05) is 6.61 Å². The summed E-state index contributed by atoms with van der Waals surface area (Å²) in [7, 11) is 0. The Morgan fingerprint density at radius 3 is 2.50 bits per heavy atom. The number of hydrazine groups is 1. The Bertz CT molecular complexity index is 950. The Kier molecular flexibility index (Phi) is 6.16. The molecule has 7 nitrogen and oxygen atoms in total. The smallest absolute Gasteiger partial charge is 0.279 e. The Labute approximate surface area is 163 Å². The molecule has 3 N–H and O–H groups in total. The lowest BCUT2D eigenvalue weighted by atomic mass is 10.1. The average Bonchev–Trinajstić information content (AvgIpc) is 3.10. The van der Waals surface area contributed by atoms with Gasteiger partial charge in [0.2, 0.25) is 5.91 Å². The molecule has 3 rings (SSSR count). The number of rotatable bonds is 7. The van der Waals surface area contributed by atoms with Crippen LogP contribution in [0.1, 0.15) is 19.4 Å². The van der Waals surface area contributed by atoms with E-state index in [1.54, 1.807) is 37.4 Å². The lowest BCUT2D eigenvalue weighted by Gasteiger charge is -2.15. The SMILES string of the molecule is CCOc1ccc(O[C@H](C)C(=O)NNC(=O)Cc2c[nH]c3ccccc23)cc1. The lowest BCUT2D eigenvalue weighted by molar-refractivity contribution is -0.132. The number of amides is 2. The first kappa shape index (κ1) is 19.3. The van der Waals surface area contributed by atoms with Crippen LogP contribution in [-0.4, -0.2) is 29.5 Å². The summed E-state index contributed by atoms with van der Waals surface area (Å²) in [6.45, 7) is 4.10. The highest BCUT2D eigenvalue weighted by atomic mass is 16.5. The summed E-state index contributed by atoms with van der Waals surface area (Å²) in [6.07, 6.45) is 1.17. The van der Waals surface area contributed by atoms with Gasteiger partial charge in [-0.3, -0.25) is 20.4 Å². The molecule has 0 unspecified atom stereocenters. The molecule has 0 aliphatic heterocycles. The summed E-state index contributed by atoms with van der Waals surface area (Å²) in [5.74, 6) is 0.514. The Morgan fingerprint density at radius 1 is 1.04 bits per heavy atom. The Morgan fingerprint density at radius 2 is 1.75 bits per heavy atom. The van der Waals surface area contributed by atoms with E-state index in [1.165, 1.54) is 0 Å². The number of aromatic nitrogens is 1. The van der Waals surface area contributed by atoms with Crippen LogP contribution in [0.25, 0.3) is 10.9 Å². The van der Waals surface area contributed by atoms with Crippen LogP contribution in [0.5, 0.6) is 11.5 Å². The molecular weight excluding hydrogens is 358 g/mol. The fraction of sp³-hybridized carbons (Fsp3) is 0.238. The van der Waals surface area contributed by atoms with Gasteiger partial charge in [0.1, 0.15) is 11.5 Å². The molecule has 0 aliphatic carbocycles. The molecular formula is C21H23N3O4. The Balaban J connectivity index is 1.48. The standard InChI is InChI=1S/C21H23N3O4/c1-3-27-16-8-10-17(11-9-16)28-14(2)21(26)24-23-20(25)12-15-13-22-19-7-5-4-6-18(15)19/h4-11,13-14,22H,3,12H2,1-2H3,(H,23,25)(H,24,26)/t14-/m1/s1. The summed E-state index contributed by atoms with van der Waals surface area (Å²) >= 11 is 0. The van der Waals surface area contributed by atoms with Crippen molar-refractivity contribution in [1.29, 1.82) is 0 Å². The number of aromatic amines is 1. The average molecular weight is 381 g/mol. The van der Waals surface area contributed by atoms with Crippen molar-refractivity contribution < 1.29 is 19.1 Å². The van der Waals surface area contributed by atoms with E-state index in [0.717, 1.165) is 22.2 Å². The number of carbonyl (C=O) groups is 2. The molecule has 2 amide bonds. The van der Waals surface area contributed by atoms with Crippen LogP contribution in [0.4, 0.5) is 0 Å². The minimum Gasteiger partial charge on any atom is -0.494 e. The summed E-state index contributed by atoms with van der Waals surface area (Å²) in [4.78, 5) is 27.4. The second kappa shape index (κ2) is 8.94. The molecule has 0 bridgehead atoms. The quantitative estimate of drug-likeness (QED) is 0.549. The minimum atomic E-state index is -0.772. The third-order valence-electron chi connectivity index (χ3n) is 4.17. The minimum absolute atomic E-state index is 0.151. The molecule has 146 valence electrons. The first-order valence-electron chi connectivity index (χ1n) is 9.10. The zero-order valence-corrected chi connectivity index (χ0v) is 15.8. The topological polar surface area (TPSA) is 92.4 Å². The zero-order chi connectivity index (χ0) is 19.9. The number of H-pyrrole nitrogens is 1. The van der Waals surface area contributed by atoms with Crippen molar-refractivity contribution in [2.24, 2.45) is 0 Å². The highest BCUT2D eigenvalue weighted by Crippen LogP contribution is 2.19. The van der Waals surface area contributed by atoms with Gasteiger partial charge >= 0.3 is 0 Å². The van der Waals surface area contributed by atoms with E-state index in [2.05, 4.69) is 15.8 Å². The summed E-state index contributed by atoms with van der Waals surface area (Å²) in [6, 6.07) is 14.7. The van der Waals surface area contributed by atoms with Gasteiger partial charge in [0.25, 0.3) is 5.91 Å². The van der Waals surface area contributed by atoms with Crippen molar-refractivity contribution in [3.8, 4) is 11.5 Å². The molecule has 0 fully saturated rings. The fourth-order valence-electron chi connectivity index (χ4n) is 2.77. The normalized spacial score (nSPS) is 11.6. The van der Waals surface area contributed by atoms with E-state index >= 15 is 0 Å². The third-order valence-corrected chi connectivity index (χ3v) is 4.17. The van der Waals surface area contributed by atoms with E-state index in [-0.39, 0.29) is 12.3 Å². The number of carbonyl (C=O) groups excluding carboxylic acids is 2. The fourth-order valence-corrected chi connectivity index (χ4v) is 2.77. The van der Waals surface area contributed by atoms with Gasteiger partial charge in [-0.05, 0) is 49.7 Å². The van der Waals surface area contributed by atoms with E-state index in [1.807, 2.05) is 31.2 Å². The van der Waals surface area contributed by atoms with Gasteiger partial charge in [-0.2, -0.15) is 0 Å². The van der Waals surface area contributed by atoms with Crippen molar-refractivity contribution in [3.63, 3.8) is 0 Å². The summed E-state index contributed by atoms with van der Waals surface area (Å²) < 4.78 is 10.9. The number of nitrogens with one attached hydrogen (secondary N) is 3. The molecule has 0 saturated carbocycles. The number of hydrogen-bond acceptors (Lipinski definition) is 4. The van der Waals surface area contributed by atoms with E-state index in [9.17, 15) is 9.59 Å². The molecule has 0 radical (unpaired) electrons. The zero-order valence-electron chi connectivity index (χ0n) is 15.8. The van der Waals surface area contributed by atoms with Gasteiger partial charge in [-0.1, -0.05) is 18.2 Å². The first-order valence-corrected chi connectivity index (χ1v) is 9.10. The van der Waals surface area contributed by atoms with Gasteiger partial charge < -0.3 is 14.5 Å². The maximum atomic E-state index is 12.2. The van der Waals surface area contributed by atoms with Crippen LogP contribution in [-0.2, 0) is 16.0 Å². The molecule has 3 aromatic rings. The van der Waals surface area contributed by atoms with E-state index in [0.29, 0.717) is 12.4 Å². The summed E-state index contributed by atoms with van der Waals surface area (Å²) in [5, 5.41) is 0.983. The molecule has 0 saturated heterocycles. The van der Waals surface area contributed by atoms with Crippen molar-refractivity contribution in [2.45, 2.75) is 26.4 Å². The highest BCUT2D eigenvalue weighted by molar-refractivity contribution is 5.90. The lowest BCUT2D eigenvalue weighted by Crippen LogP contribution is -2.47. The molecule has 1 aromatic heterocycles. The Hall–Kier alpha value is -3.48. The van der Waals surface area contributed by atoms with Gasteiger partial charge in [0.05, 0.1) is 13.0 Å². The van der Waals surface area contributed by atoms with Crippen LogP contribution >= 0.6 is 0 Å². The second-order valence-corrected chi connectivity index (χ2v) is 6.24. The second-order valence-electron chi connectivity index (χ2n) is 6.24. The van der Waals surface area contributed by atoms with Crippen molar-refractivity contribution in [1.82, 2.24) is 15.8 Å². The number of fused-ring (bicyclic) bond motifs is 1. The number of para-hydroxylation sites is 1. The predicted octanol–water partition coefficient (Wildman–Crippen LogP) is 2.72. The van der Waals surface area contributed by atoms with E-state index < -0.39 is 12.0 Å². The molecule has 7 heteroatoms. The maximum absolute atomic E-state index is 12.2. The number of hydrogen-bond donors (Lipinski definition) is 3. The van der Waals surface area contributed by atoms with Crippen molar-refractivity contribution >= 4 is 22.7 Å². The van der Waals surface area contributed by atoms with Crippen LogP contribution in [0, 0.1) is 0 Å². The van der Waals surface area contributed by atoms with E-state index in [4.69, 9.17) is 9.47 Å². The van der Waals surface area contributed by atoms with Crippen molar-refractivity contribution in [3.05, 3.63) is 60.3 Å².